The number of nitrogens with zero attached hydrogens (tertiary/aromatic N) is 2. The zero-order valence-electron chi connectivity index (χ0n) is 14.9. The monoisotopic (exact) mass is 376 g/mol. The lowest BCUT2D eigenvalue weighted by Crippen LogP contribution is -2.48. The number of carboxylic acid groups (broad SMARTS) is 1. The van der Waals surface area contributed by atoms with Gasteiger partial charge in [-0.3, -0.25) is 9.59 Å². The molecule has 0 aliphatic carbocycles. The van der Waals surface area contributed by atoms with Crippen LogP contribution < -0.4 is 16.1 Å². The van der Waals surface area contributed by atoms with Gasteiger partial charge >= 0.3 is 5.97 Å². The van der Waals surface area contributed by atoms with Crippen LogP contribution in [0.15, 0.2) is 17.1 Å². The second-order valence-electron chi connectivity index (χ2n) is 6.48. The van der Waals surface area contributed by atoms with Crippen LogP contribution in [-0.2, 0) is 11.2 Å². The standard InChI is InChI=1S/C18H21FN4O4/c1-10(24)22-4-6-23(7-5-22)16-11(2-3-20)15-12(8-14(16)19)17(25)13(9-21-15)18(26)27/h8-9H,2-7,20H2,1H3,(H,21,25)(H,26,27). The maximum atomic E-state index is 15.0. The first-order chi connectivity index (χ1) is 12.8. The summed E-state index contributed by atoms with van der Waals surface area (Å²) in [5.74, 6) is -2.00. The molecule has 2 heterocycles. The number of benzene rings is 1. The number of H-pyrrole nitrogens is 1. The molecule has 0 atom stereocenters. The van der Waals surface area contributed by atoms with Gasteiger partial charge in [0.15, 0.2) is 0 Å². The molecule has 0 radical (unpaired) electrons. The fourth-order valence-corrected chi connectivity index (χ4v) is 3.52. The van der Waals surface area contributed by atoms with E-state index in [0.29, 0.717) is 49.4 Å². The molecule has 4 N–H and O–H groups in total. The van der Waals surface area contributed by atoms with E-state index in [-0.39, 0.29) is 17.8 Å². The van der Waals surface area contributed by atoms with Crippen LogP contribution >= 0.6 is 0 Å². The Kier molecular flexibility index (Phi) is 5.13. The second kappa shape index (κ2) is 7.36. The van der Waals surface area contributed by atoms with Crippen LogP contribution in [0.1, 0.15) is 22.8 Å². The summed E-state index contributed by atoms with van der Waals surface area (Å²) in [5.41, 5.74) is 5.79. The summed E-state index contributed by atoms with van der Waals surface area (Å²) in [7, 11) is 0. The minimum Gasteiger partial charge on any atom is -0.477 e. The molecule has 0 bridgehead atoms. The first kappa shape index (κ1) is 18.8. The number of nitrogens with one attached hydrogen (secondary N) is 1. The van der Waals surface area contributed by atoms with Crippen molar-refractivity contribution in [3.05, 3.63) is 39.4 Å². The molecule has 1 amide bonds. The van der Waals surface area contributed by atoms with Crippen LogP contribution in [0.4, 0.5) is 10.1 Å². The maximum absolute atomic E-state index is 15.0. The van der Waals surface area contributed by atoms with E-state index in [0.717, 1.165) is 12.3 Å². The normalized spacial score (nSPS) is 14.6. The molecule has 8 nitrogen and oxygen atoms in total. The Balaban J connectivity index is 2.13. The van der Waals surface area contributed by atoms with Gasteiger partial charge in [0, 0.05) is 50.2 Å². The summed E-state index contributed by atoms with van der Waals surface area (Å²) in [6.45, 7) is 3.60. The van der Waals surface area contributed by atoms with Gasteiger partial charge in [0.2, 0.25) is 11.3 Å². The number of pyridine rings is 1. The smallest absolute Gasteiger partial charge is 0.341 e. The van der Waals surface area contributed by atoms with Crippen molar-refractivity contribution in [3.63, 3.8) is 0 Å². The number of aromatic carboxylic acids is 1. The first-order valence-electron chi connectivity index (χ1n) is 8.65. The van der Waals surface area contributed by atoms with Crippen molar-refractivity contribution in [3.8, 4) is 0 Å². The van der Waals surface area contributed by atoms with E-state index in [2.05, 4.69) is 4.98 Å². The topological polar surface area (TPSA) is 120 Å². The lowest BCUT2D eigenvalue weighted by molar-refractivity contribution is -0.129. The summed E-state index contributed by atoms with van der Waals surface area (Å²) >= 11 is 0. The largest absolute Gasteiger partial charge is 0.477 e. The van der Waals surface area contributed by atoms with Crippen LogP contribution in [0.25, 0.3) is 10.9 Å². The molecular formula is C18H21FN4O4. The highest BCUT2D eigenvalue weighted by molar-refractivity contribution is 5.94. The Morgan fingerprint density at radius 3 is 2.52 bits per heavy atom. The van der Waals surface area contributed by atoms with Crippen molar-refractivity contribution >= 4 is 28.5 Å². The molecule has 1 saturated heterocycles. The number of nitrogens with two attached hydrogens (primary N) is 1. The number of fused-ring (bicyclic) bond motifs is 1. The fraction of sp³-hybridized carbons (Fsp3) is 0.389. The van der Waals surface area contributed by atoms with Gasteiger partial charge in [-0.25, -0.2) is 9.18 Å². The minimum atomic E-state index is -1.37. The molecule has 2 aromatic rings. The molecule has 27 heavy (non-hydrogen) atoms. The third-order valence-corrected chi connectivity index (χ3v) is 4.87. The highest BCUT2D eigenvalue weighted by Gasteiger charge is 2.26. The van der Waals surface area contributed by atoms with Gasteiger partial charge < -0.3 is 25.6 Å². The zero-order chi connectivity index (χ0) is 19.7. The molecule has 0 spiro atoms. The van der Waals surface area contributed by atoms with Crippen molar-refractivity contribution in [2.45, 2.75) is 13.3 Å². The third-order valence-electron chi connectivity index (χ3n) is 4.87. The molecule has 0 unspecified atom stereocenters. The van der Waals surface area contributed by atoms with Gasteiger partial charge in [-0.05, 0) is 19.0 Å². The van der Waals surface area contributed by atoms with E-state index in [4.69, 9.17) is 10.8 Å². The van der Waals surface area contributed by atoms with Crippen molar-refractivity contribution < 1.29 is 19.1 Å². The number of rotatable bonds is 4. The molecule has 1 aromatic carbocycles. The number of piperazine rings is 1. The number of amides is 1. The quantitative estimate of drug-likeness (QED) is 0.716. The Labute approximate surface area is 154 Å². The number of aromatic nitrogens is 1. The van der Waals surface area contributed by atoms with Crippen LogP contribution in [0.2, 0.25) is 0 Å². The summed E-state index contributed by atoms with van der Waals surface area (Å²) < 4.78 is 15.0. The molecular weight excluding hydrogens is 355 g/mol. The maximum Gasteiger partial charge on any atom is 0.341 e. The van der Waals surface area contributed by atoms with E-state index in [1.54, 1.807) is 4.90 Å². The Morgan fingerprint density at radius 2 is 1.96 bits per heavy atom. The van der Waals surface area contributed by atoms with E-state index < -0.39 is 22.8 Å². The van der Waals surface area contributed by atoms with Crippen LogP contribution in [0, 0.1) is 5.82 Å². The number of carbonyl (C=O) groups is 2. The number of hydrogen-bond donors (Lipinski definition) is 3. The number of carbonyl (C=O) groups excluding carboxylic acids is 1. The number of carboxylic acids is 1. The van der Waals surface area contributed by atoms with Crippen LogP contribution in [0.5, 0.6) is 0 Å². The number of anilines is 1. The number of hydrogen-bond acceptors (Lipinski definition) is 5. The molecule has 1 aliphatic heterocycles. The van der Waals surface area contributed by atoms with Crippen molar-refractivity contribution in [1.82, 2.24) is 9.88 Å². The summed E-state index contributed by atoms with van der Waals surface area (Å²) in [4.78, 5) is 41.5. The van der Waals surface area contributed by atoms with E-state index in [1.165, 1.54) is 6.92 Å². The highest BCUT2D eigenvalue weighted by Crippen LogP contribution is 2.31. The number of aromatic amines is 1. The Bertz CT molecular complexity index is 964. The van der Waals surface area contributed by atoms with E-state index >= 15 is 0 Å². The predicted molar refractivity (Wildman–Crippen MR) is 98.7 cm³/mol. The van der Waals surface area contributed by atoms with Crippen molar-refractivity contribution in [1.29, 1.82) is 0 Å². The fourth-order valence-electron chi connectivity index (χ4n) is 3.52. The highest BCUT2D eigenvalue weighted by atomic mass is 19.1. The summed E-state index contributed by atoms with van der Waals surface area (Å²) in [6.07, 6.45) is 1.45. The van der Waals surface area contributed by atoms with E-state index in [1.807, 2.05) is 4.90 Å². The third kappa shape index (κ3) is 3.37. The molecule has 1 aromatic heterocycles. The molecule has 9 heteroatoms. The minimum absolute atomic E-state index is 0.0121. The molecule has 1 aliphatic rings. The molecule has 3 rings (SSSR count). The molecule has 144 valence electrons. The van der Waals surface area contributed by atoms with E-state index in [9.17, 15) is 18.8 Å². The molecule has 0 saturated carbocycles. The van der Waals surface area contributed by atoms with Crippen molar-refractivity contribution in [2.24, 2.45) is 5.73 Å². The van der Waals surface area contributed by atoms with Gasteiger partial charge in [-0.2, -0.15) is 0 Å². The zero-order valence-corrected chi connectivity index (χ0v) is 14.9. The SMILES string of the molecule is CC(=O)N1CCN(c2c(F)cc3c(=O)c(C(=O)O)c[nH]c3c2CCN)CC1. The van der Waals surface area contributed by atoms with Gasteiger partial charge in [-0.15, -0.1) is 0 Å². The molecule has 1 fully saturated rings. The van der Waals surface area contributed by atoms with Gasteiger partial charge in [0.05, 0.1) is 11.2 Å². The second-order valence-corrected chi connectivity index (χ2v) is 6.48. The Morgan fingerprint density at radius 1 is 1.30 bits per heavy atom. The van der Waals surface area contributed by atoms with Gasteiger partial charge in [0.1, 0.15) is 11.4 Å². The Hall–Kier alpha value is -2.94. The van der Waals surface area contributed by atoms with Gasteiger partial charge in [-0.1, -0.05) is 0 Å². The van der Waals surface area contributed by atoms with Gasteiger partial charge in [0.25, 0.3) is 0 Å². The average molecular weight is 376 g/mol. The lowest BCUT2D eigenvalue weighted by atomic mass is 10.0. The predicted octanol–water partition coefficient (Wildman–Crippen LogP) is 0.535. The number of halogens is 1. The summed E-state index contributed by atoms with van der Waals surface area (Å²) in [6, 6.07) is 1.08. The first-order valence-corrected chi connectivity index (χ1v) is 8.65. The summed E-state index contributed by atoms with van der Waals surface area (Å²) in [5, 5.41) is 9.11. The van der Waals surface area contributed by atoms with Crippen LogP contribution in [0.3, 0.4) is 0 Å². The van der Waals surface area contributed by atoms with Crippen LogP contribution in [-0.4, -0.2) is 59.6 Å². The average Bonchev–Trinajstić information content (AvgIpc) is 2.63. The van der Waals surface area contributed by atoms with Crippen molar-refractivity contribution in [2.75, 3.05) is 37.6 Å². The lowest BCUT2D eigenvalue weighted by Gasteiger charge is -2.37.